The molecule has 1 amide bonds. The minimum atomic E-state index is 0.0128. The Bertz CT molecular complexity index is 527. The molecule has 0 radical (unpaired) electrons. The number of hydrogen-bond donors (Lipinski definition) is 1. The molecule has 2 rings (SSSR count). The van der Waals surface area contributed by atoms with Crippen molar-refractivity contribution < 1.29 is 4.79 Å². The van der Waals surface area contributed by atoms with Crippen LogP contribution in [-0.2, 0) is 0 Å². The summed E-state index contributed by atoms with van der Waals surface area (Å²) in [6, 6.07) is 3.55. The monoisotopic (exact) mass is 271 g/mol. The zero-order valence-electron chi connectivity index (χ0n) is 12.1. The van der Waals surface area contributed by atoms with Gasteiger partial charge in [-0.1, -0.05) is 25.7 Å². The predicted octanol–water partition coefficient (Wildman–Crippen LogP) is 1.65. The Morgan fingerprint density at radius 3 is 2.65 bits per heavy atom. The van der Waals surface area contributed by atoms with Gasteiger partial charge in [-0.15, -0.1) is 0 Å². The zero-order valence-corrected chi connectivity index (χ0v) is 12.1. The van der Waals surface area contributed by atoms with E-state index in [2.05, 4.69) is 30.7 Å². The van der Waals surface area contributed by atoms with Crippen molar-refractivity contribution in [2.45, 2.75) is 26.7 Å². The van der Waals surface area contributed by atoms with Gasteiger partial charge in [-0.2, -0.15) is 0 Å². The molecule has 0 atom stereocenters. The Morgan fingerprint density at radius 1 is 1.40 bits per heavy atom. The second kappa shape index (κ2) is 6.06. The highest BCUT2D eigenvalue weighted by atomic mass is 16.2. The quantitative estimate of drug-likeness (QED) is 0.790. The number of hydrogen-bond acceptors (Lipinski definition) is 3. The third-order valence-electron chi connectivity index (χ3n) is 3.72. The van der Waals surface area contributed by atoms with Crippen LogP contribution in [0.5, 0.6) is 0 Å². The highest BCUT2D eigenvalue weighted by Gasteiger charge is 2.28. The summed E-state index contributed by atoms with van der Waals surface area (Å²) in [6.45, 7) is 6.44. The maximum Gasteiger partial charge on any atom is 0.272 e. The minimum absolute atomic E-state index is 0.0128. The molecular formula is C16H21N3O. The van der Waals surface area contributed by atoms with Crippen molar-refractivity contribution in [3.63, 3.8) is 0 Å². The molecule has 0 aliphatic carbocycles. The van der Waals surface area contributed by atoms with E-state index in [1.165, 1.54) is 0 Å². The predicted molar refractivity (Wildman–Crippen MR) is 79.1 cm³/mol. The van der Waals surface area contributed by atoms with E-state index in [9.17, 15) is 4.79 Å². The zero-order chi connectivity index (χ0) is 14.6. The molecule has 1 aromatic rings. The van der Waals surface area contributed by atoms with Crippen LogP contribution in [0.1, 0.15) is 42.7 Å². The van der Waals surface area contributed by atoms with E-state index in [0.717, 1.165) is 31.5 Å². The van der Waals surface area contributed by atoms with E-state index in [0.29, 0.717) is 17.7 Å². The number of carbonyl (C=O) groups is 1. The first-order valence-electron chi connectivity index (χ1n) is 6.96. The van der Waals surface area contributed by atoms with E-state index in [4.69, 9.17) is 5.73 Å². The summed E-state index contributed by atoms with van der Waals surface area (Å²) in [5.41, 5.74) is 6.93. The van der Waals surface area contributed by atoms with Gasteiger partial charge in [0.2, 0.25) is 0 Å². The summed E-state index contributed by atoms with van der Waals surface area (Å²) in [5.74, 6) is 5.68. The molecule has 4 heteroatoms. The van der Waals surface area contributed by atoms with E-state index in [1.807, 2.05) is 11.0 Å². The largest absolute Gasteiger partial charge is 0.337 e. The molecule has 0 saturated carbocycles. The molecule has 1 aliphatic heterocycles. The van der Waals surface area contributed by atoms with Crippen molar-refractivity contribution in [1.82, 2.24) is 9.88 Å². The summed E-state index contributed by atoms with van der Waals surface area (Å²) in [4.78, 5) is 18.4. The van der Waals surface area contributed by atoms with E-state index in [1.54, 1.807) is 12.3 Å². The molecule has 2 heterocycles. The minimum Gasteiger partial charge on any atom is -0.337 e. The van der Waals surface area contributed by atoms with Crippen molar-refractivity contribution in [2.24, 2.45) is 11.1 Å². The molecule has 106 valence electrons. The number of piperidine rings is 1. The average Bonchev–Trinajstić information content (AvgIpc) is 2.45. The number of amides is 1. The fourth-order valence-corrected chi connectivity index (χ4v) is 2.22. The molecular weight excluding hydrogens is 250 g/mol. The molecule has 20 heavy (non-hydrogen) atoms. The summed E-state index contributed by atoms with van der Waals surface area (Å²) in [5, 5.41) is 0. The van der Waals surface area contributed by atoms with Crippen LogP contribution >= 0.6 is 0 Å². The lowest BCUT2D eigenvalue weighted by Crippen LogP contribution is -2.41. The number of pyridine rings is 1. The fraction of sp³-hybridized carbons (Fsp3) is 0.500. The van der Waals surface area contributed by atoms with Crippen LogP contribution in [0.2, 0.25) is 0 Å². The van der Waals surface area contributed by atoms with Crippen LogP contribution in [0.15, 0.2) is 18.3 Å². The highest BCUT2D eigenvalue weighted by molar-refractivity contribution is 5.92. The van der Waals surface area contributed by atoms with E-state index >= 15 is 0 Å². The molecule has 1 aromatic heterocycles. The first-order valence-corrected chi connectivity index (χ1v) is 6.96. The van der Waals surface area contributed by atoms with Crippen molar-refractivity contribution in [2.75, 3.05) is 19.6 Å². The SMILES string of the molecule is CC1(C)CCN(C(=O)c2ccc(C#CCN)cn2)CC1. The Morgan fingerprint density at radius 2 is 2.10 bits per heavy atom. The average molecular weight is 271 g/mol. The van der Waals surface area contributed by atoms with Gasteiger partial charge in [-0.3, -0.25) is 4.79 Å². The Hall–Kier alpha value is -1.86. The van der Waals surface area contributed by atoms with Gasteiger partial charge in [-0.25, -0.2) is 4.98 Å². The summed E-state index contributed by atoms with van der Waals surface area (Å²) < 4.78 is 0. The van der Waals surface area contributed by atoms with E-state index in [-0.39, 0.29) is 5.91 Å². The fourth-order valence-electron chi connectivity index (χ4n) is 2.22. The Balaban J connectivity index is 2.03. The number of likely N-dealkylation sites (tertiary alicyclic amines) is 1. The molecule has 0 unspecified atom stereocenters. The number of rotatable bonds is 1. The summed E-state index contributed by atoms with van der Waals surface area (Å²) in [7, 11) is 0. The van der Waals surface area contributed by atoms with Crippen LogP contribution in [0, 0.1) is 17.3 Å². The number of nitrogens with zero attached hydrogens (tertiary/aromatic N) is 2. The third kappa shape index (κ3) is 3.58. The van der Waals surface area contributed by atoms with Gasteiger partial charge in [0, 0.05) is 24.8 Å². The number of aromatic nitrogens is 1. The van der Waals surface area contributed by atoms with Gasteiger partial charge < -0.3 is 10.6 Å². The molecule has 1 fully saturated rings. The van der Waals surface area contributed by atoms with Crippen molar-refractivity contribution in [1.29, 1.82) is 0 Å². The van der Waals surface area contributed by atoms with Gasteiger partial charge >= 0.3 is 0 Å². The van der Waals surface area contributed by atoms with Gasteiger partial charge in [0.1, 0.15) is 5.69 Å². The topological polar surface area (TPSA) is 59.2 Å². The van der Waals surface area contributed by atoms with Gasteiger partial charge in [0.05, 0.1) is 6.54 Å². The van der Waals surface area contributed by atoms with Gasteiger partial charge in [0.15, 0.2) is 0 Å². The number of nitrogens with two attached hydrogens (primary N) is 1. The van der Waals surface area contributed by atoms with Gasteiger partial charge in [0.25, 0.3) is 5.91 Å². The lowest BCUT2D eigenvalue weighted by atomic mass is 9.82. The molecule has 0 bridgehead atoms. The first kappa shape index (κ1) is 14.5. The maximum absolute atomic E-state index is 12.3. The molecule has 1 aliphatic rings. The maximum atomic E-state index is 12.3. The van der Waals surface area contributed by atoms with Crippen molar-refractivity contribution in [3.8, 4) is 11.8 Å². The Labute approximate surface area is 120 Å². The second-order valence-electron chi connectivity index (χ2n) is 5.89. The molecule has 2 N–H and O–H groups in total. The molecule has 4 nitrogen and oxygen atoms in total. The molecule has 0 spiro atoms. The van der Waals surface area contributed by atoms with Crippen LogP contribution < -0.4 is 5.73 Å². The van der Waals surface area contributed by atoms with Crippen LogP contribution in [-0.4, -0.2) is 35.4 Å². The lowest BCUT2D eigenvalue weighted by Gasteiger charge is -2.36. The van der Waals surface area contributed by atoms with Crippen LogP contribution in [0.4, 0.5) is 0 Å². The third-order valence-corrected chi connectivity index (χ3v) is 3.72. The van der Waals surface area contributed by atoms with Crippen molar-refractivity contribution in [3.05, 3.63) is 29.6 Å². The summed E-state index contributed by atoms with van der Waals surface area (Å²) in [6.07, 6.45) is 3.71. The standard InChI is InChI=1S/C16H21N3O/c1-16(2)7-10-19(11-8-16)15(20)14-6-5-13(12-18-14)4-3-9-17/h5-6,12H,7-11,17H2,1-2H3. The van der Waals surface area contributed by atoms with E-state index < -0.39 is 0 Å². The molecule has 1 saturated heterocycles. The van der Waals surface area contributed by atoms with Crippen LogP contribution in [0.25, 0.3) is 0 Å². The van der Waals surface area contributed by atoms with Crippen LogP contribution in [0.3, 0.4) is 0 Å². The number of carbonyl (C=O) groups excluding carboxylic acids is 1. The highest BCUT2D eigenvalue weighted by Crippen LogP contribution is 2.30. The smallest absolute Gasteiger partial charge is 0.272 e. The molecule has 0 aromatic carbocycles. The Kier molecular flexibility index (Phi) is 4.41. The lowest BCUT2D eigenvalue weighted by molar-refractivity contribution is 0.0624. The first-order chi connectivity index (χ1) is 9.52. The van der Waals surface area contributed by atoms with Crippen molar-refractivity contribution >= 4 is 5.91 Å². The van der Waals surface area contributed by atoms with Gasteiger partial charge in [-0.05, 0) is 30.4 Å². The summed E-state index contributed by atoms with van der Waals surface area (Å²) >= 11 is 0. The normalized spacial score (nSPS) is 17.2. The second-order valence-corrected chi connectivity index (χ2v) is 5.89.